The van der Waals surface area contributed by atoms with E-state index in [0.717, 1.165) is 0 Å². The maximum atomic E-state index is 2.42. The average Bonchev–Trinajstić information content (AvgIpc) is 2.66. The average molecular weight is 345 g/mol. The molecule has 0 bridgehead atoms. The largest absolute Gasteiger partial charge is 0.0654 e. The van der Waals surface area contributed by atoms with Crippen LogP contribution in [0.25, 0.3) is 0 Å². The summed E-state index contributed by atoms with van der Waals surface area (Å²) in [5.74, 6) is 0. The van der Waals surface area contributed by atoms with Crippen molar-refractivity contribution >= 4 is 0 Å². The second-order valence-electron chi connectivity index (χ2n) is 8.08. The van der Waals surface area contributed by atoms with Crippen molar-refractivity contribution in [2.45, 2.75) is 122 Å². The van der Waals surface area contributed by atoms with E-state index < -0.39 is 0 Å². The van der Waals surface area contributed by atoms with Gasteiger partial charge in [-0.05, 0) is 30.2 Å². The van der Waals surface area contributed by atoms with Gasteiger partial charge in [-0.15, -0.1) is 0 Å². The van der Waals surface area contributed by atoms with Crippen LogP contribution in [-0.2, 0) is 5.41 Å². The molecule has 0 nitrogen and oxygen atoms in total. The molecule has 0 radical (unpaired) electrons. The quantitative estimate of drug-likeness (QED) is 0.263. The van der Waals surface area contributed by atoms with Crippen molar-refractivity contribution in [2.75, 3.05) is 0 Å². The van der Waals surface area contributed by atoms with Gasteiger partial charge in [0.2, 0.25) is 0 Å². The molecule has 25 heavy (non-hydrogen) atoms. The lowest BCUT2D eigenvalue weighted by Crippen LogP contribution is -2.26. The zero-order valence-corrected chi connectivity index (χ0v) is 17.5. The molecule has 0 atom stereocenters. The highest BCUT2D eigenvalue weighted by Crippen LogP contribution is 2.40. The monoisotopic (exact) mass is 344 g/mol. The predicted molar refractivity (Wildman–Crippen MR) is 114 cm³/mol. The Hall–Kier alpha value is -0.780. The van der Waals surface area contributed by atoms with E-state index in [1.54, 1.807) is 5.56 Å². The second kappa shape index (κ2) is 14.4. The minimum absolute atomic E-state index is 0.441. The molecule has 1 aromatic rings. The molecular weight excluding hydrogens is 300 g/mol. The highest BCUT2D eigenvalue weighted by atomic mass is 14.3. The van der Waals surface area contributed by atoms with E-state index in [1.165, 1.54) is 96.3 Å². The van der Waals surface area contributed by atoms with E-state index in [-0.39, 0.29) is 0 Å². The van der Waals surface area contributed by atoms with Crippen LogP contribution in [0.3, 0.4) is 0 Å². The predicted octanol–water partition coefficient (Wildman–Crippen LogP) is 8.84. The van der Waals surface area contributed by atoms with Crippen molar-refractivity contribution in [3.05, 3.63) is 35.9 Å². The third kappa shape index (κ3) is 8.93. The Morgan fingerprint density at radius 3 is 1.28 bits per heavy atom. The summed E-state index contributed by atoms with van der Waals surface area (Å²) in [6.07, 6.45) is 20.9. The van der Waals surface area contributed by atoms with Crippen molar-refractivity contribution in [3.8, 4) is 0 Å². The van der Waals surface area contributed by atoms with Crippen LogP contribution in [0.2, 0.25) is 0 Å². The zero-order valence-electron chi connectivity index (χ0n) is 17.5. The molecular formula is C25H44. The molecule has 0 spiro atoms. The number of benzene rings is 1. The summed E-state index contributed by atoms with van der Waals surface area (Å²) in [6.45, 7) is 6.96. The minimum atomic E-state index is 0.441. The van der Waals surface area contributed by atoms with Crippen molar-refractivity contribution in [3.63, 3.8) is 0 Å². The number of rotatable bonds is 16. The van der Waals surface area contributed by atoms with E-state index in [0.29, 0.717) is 5.41 Å². The highest BCUT2D eigenvalue weighted by Gasteiger charge is 2.30. The van der Waals surface area contributed by atoms with Gasteiger partial charge in [0.25, 0.3) is 0 Å². The summed E-state index contributed by atoms with van der Waals surface area (Å²) in [4.78, 5) is 0. The van der Waals surface area contributed by atoms with E-state index >= 15 is 0 Å². The molecule has 0 amide bonds. The summed E-state index contributed by atoms with van der Waals surface area (Å²) in [6, 6.07) is 11.5. The lowest BCUT2D eigenvalue weighted by atomic mass is 9.69. The highest BCUT2D eigenvalue weighted by molar-refractivity contribution is 5.25. The van der Waals surface area contributed by atoms with Gasteiger partial charge in [0.1, 0.15) is 0 Å². The van der Waals surface area contributed by atoms with Crippen LogP contribution in [0, 0.1) is 0 Å². The summed E-state index contributed by atoms with van der Waals surface area (Å²) in [5, 5.41) is 0. The molecule has 1 rings (SSSR count). The van der Waals surface area contributed by atoms with E-state index in [2.05, 4.69) is 51.1 Å². The molecule has 0 unspecified atom stereocenters. The number of hydrogen-bond donors (Lipinski definition) is 0. The van der Waals surface area contributed by atoms with Crippen LogP contribution in [-0.4, -0.2) is 0 Å². The first-order valence-corrected chi connectivity index (χ1v) is 11.3. The van der Waals surface area contributed by atoms with Crippen molar-refractivity contribution in [2.24, 2.45) is 0 Å². The fourth-order valence-electron chi connectivity index (χ4n) is 4.27. The third-order valence-corrected chi connectivity index (χ3v) is 5.91. The van der Waals surface area contributed by atoms with Gasteiger partial charge in [-0.3, -0.25) is 0 Å². The first-order valence-electron chi connectivity index (χ1n) is 11.3. The molecule has 0 aliphatic rings. The van der Waals surface area contributed by atoms with Crippen LogP contribution in [0.4, 0.5) is 0 Å². The Labute approximate surface area is 158 Å². The number of unbranched alkanes of at least 4 members (excludes halogenated alkanes) is 9. The molecule has 0 saturated carbocycles. The maximum Gasteiger partial charge on any atom is -0.00470 e. The summed E-state index contributed by atoms with van der Waals surface area (Å²) >= 11 is 0. The summed E-state index contributed by atoms with van der Waals surface area (Å²) < 4.78 is 0. The Bertz CT molecular complexity index is 360. The SMILES string of the molecule is CCCCCCC(CCCCCC)(CCCCCC)c1ccccc1. The van der Waals surface area contributed by atoms with Gasteiger partial charge in [-0.1, -0.05) is 128 Å². The third-order valence-electron chi connectivity index (χ3n) is 5.91. The first-order chi connectivity index (χ1) is 12.3. The maximum absolute atomic E-state index is 2.42. The molecule has 0 aliphatic carbocycles. The van der Waals surface area contributed by atoms with Gasteiger partial charge in [0.15, 0.2) is 0 Å². The summed E-state index contributed by atoms with van der Waals surface area (Å²) in [7, 11) is 0. The Balaban J connectivity index is 2.82. The lowest BCUT2D eigenvalue weighted by Gasteiger charge is -2.35. The van der Waals surface area contributed by atoms with Gasteiger partial charge in [0.05, 0.1) is 0 Å². The van der Waals surface area contributed by atoms with Crippen molar-refractivity contribution in [1.29, 1.82) is 0 Å². The van der Waals surface area contributed by atoms with Crippen molar-refractivity contribution in [1.82, 2.24) is 0 Å². The van der Waals surface area contributed by atoms with E-state index in [4.69, 9.17) is 0 Å². The molecule has 1 aromatic carbocycles. The fraction of sp³-hybridized carbons (Fsp3) is 0.760. The van der Waals surface area contributed by atoms with E-state index in [1.807, 2.05) is 0 Å². The molecule has 0 heterocycles. The van der Waals surface area contributed by atoms with Gasteiger partial charge < -0.3 is 0 Å². The Morgan fingerprint density at radius 1 is 0.520 bits per heavy atom. The Morgan fingerprint density at radius 2 is 0.920 bits per heavy atom. The topological polar surface area (TPSA) is 0 Å². The molecule has 0 aliphatic heterocycles. The molecule has 0 N–H and O–H groups in total. The first kappa shape index (κ1) is 22.3. The van der Waals surface area contributed by atoms with Crippen LogP contribution in [0.15, 0.2) is 30.3 Å². The molecule has 0 aromatic heterocycles. The standard InChI is InChI=1S/C25H44/c1-4-7-10-16-21-25(22-17-11-8-5-2,23-18-12-9-6-3)24-19-14-13-15-20-24/h13-15,19-20H,4-12,16-18,21-23H2,1-3H3. The van der Waals surface area contributed by atoms with Gasteiger partial charge >= 0.3 is 0 Å². The number of hydrogen-bond acceptors (Lipinski definition) is 0. The molecule has 144 valence electrons. The van der Waals surface area contributed by atoms with Crippen LogP contribution < -0.4 is 0 Å². The van der Waals surface area contributed by atoms with Crippen LogP contribution >= 0.6 is 0 Å². The zero-order chi connectivity index (χ0) is 18.2. The minimum Gasteiger partial charge on any atom is -0.0654 e. The fourth-order valence-corrected chi connectivity index (χ4v) is 4.27. The smallest absolute Gasteiger partial charge is 0.00470 e. The van der Waals surface area contributed by atoms with E-state index in [9.17, 15) is 0 Å². The van der Waals surface area contributed by atoms with Gasteiger partial charge in [0, 0.05) is 0 Å². The summed E-state index contributed by atoms with van der Waals surface area (Å²) in [5.41, 5.74) is 2.07. The normalized spacial score (nSPS) is 11.8. The van der Waals surface area contributed by atoms with Crippen LogP contribution in [0.5, 0.6) is 0 Å². The molecule has 0 saturated heterocycles. The van der Waals surface area contributed by atoms with Gasteiger partial charge in [-0.25, -0.2) is 0 Å². The van der Waals surface area contributed by atoms with Crippen LogP contribution in [0.1, 0.15) is 123 Å². The molecule has 0 fully saturated rings. The second-order valence-corrected chi connectivity index (χ2v) is 8.08. The lowest BCUT2D eigenvalue weighted by molar-refractivity contribution is 0.300. The Kier molecular flexibility index (Phi) is 12.8. The van der Waals surface area contributed by atoms with Gasteiger partial charge in [-0.2, -0.15) is 0 Å². The molecule has 0 heteroatoms. The van der Waals surface area contributed by atoms with Crippen molar-refractivity contribution < 1.29 is 0 Å².